The Morgan fingerprint density at radius 1 is 1.36 bits per heavy atom. The van der Waals surface area contributed by atoms with Gasteiger partial charge < -0.3 is 20.1 Å². The van der Waals surface area contributed by atoms with Gasteiger partial charge in [-0.3, -0.25) is 4.79 Å². The lowest BCUT2D eigenvalue weighted by Gasteiger charge is -2.23. The number of nitrogens with one attached hydrogen (secondary N) is 2. The largest absolute Gasteiger partial charge is 0.479 e. The summed E-state index contributed by atoms with van der Waals surface area (Å²) < 4.78 is 5.13. The van der Waals surface area contributed by atoms with E-state index in [4.69, 9.17) is 4.74 Å². The number of H-pyrrole nitrogens is 1. The molecule has 0 radical (unpaired) electrons. The molecule has 0 aliphatic carbocycles. The van der Waals surface area contributed by atoms with Crippen LogP contribution in [0.4, 0.5) is 0 Å². The van der Waals surface area contributed by atoms with E-state index in [1.807, 2.05) is 30.5 Å². The highest BCUT2D eigenvalue weighted by Gasteiger charge is 2.43. The third kappa shape index (κ3) is 2.69. The van der Waals surface area contributed by atoms with Crippen molar-refractivity contribution in [3.05, 3.63) is 36.0 Å². The lowest BCUT2D eigenvalue weighted by Crippen LogP contribution is -2.55. The van der Waals surface area contributed by atoms with E-state index >= 15 is 0 Å². The van der Waals surface area contributed by atoms with Crippen LogP contribution in [0.5, 0.6) is 0 Å². The van der Waals surface area contributed by atoms with Crippen molar-refractivity contribution >= 4 is 22.8 Å². The van der Waals surface area contributed by atoms with Gasteiger partial charge in [0, 0.05) is 36.5 Å². The van der Waals surface area contributed by atoms with Crippen LogP contribution in [0.1, 0.15) is 18.4 Å². The molecule has 0 spiro atoms. The van der Waals surface area contributed by atoms with Gasteiger partial charge >= 0.3 is 5.97 Å². The number of carboxylic acids is 1. The maximum Gasteiger partial charge on any atom is 0.331 e. The molecule has 1 saturated heterocycles. The Balaban J connectivity index is 1.64. The number of ether oxygens (including phenoxy) is 1. The highest BCUT2D eigenvalue weighted by molar-refractivity contribution is 5.88. The van der Waals surface area contributed by atoms with Crippen LogP contribution in [0.3, 0.4) is 0 Å². The second-order valence-electron chi connectivity index (χ2n) is 5.60. The fourth-order valence-electron chi connectivity index (χ4n) is 2.80. The minimum atomic E-state index is -1.27. The van der Waals surface area contributed by atoms with Crippen LogP contribution in [-0.2, 0) is 20.7 Å². The second-order valence-corrected chi connectivity index (χ2v) is 5.60. The molecule has 0 saturated carbocycles. The number of hydrogen-bond acceptors (Lipinski definition) is 3. The van der Waals surface area contributed by atoms with Gasteiger partial charge in [-0.15, -0.1) is 0 Å². The summed E-state index contributed by atoms with van der Waals surface area (Å²) in [4.78, 5) is 26.6. The molecule has 3 N–H and O–H groups in total. The quantitative estimate of drug-likeness (QED) is 0.780. The van der Waals surface area contributed by atoms with Crippen LogP contribution >= 0.6 is 0 Å². The Bertz CT molecular complexity index is 701. The first-order valence-corrected chi connectivity index (χ1v) is 7.28. The van der Waals surface area contributed by atoms with E-state index in [2.05, 4.69) is 10.3 Å². The fraction of sp³-hybridized carbons (Fsp3) is 0.375. The number of para-hydroxylation sites is 1. The third-order valence-electron chi connectivity index (χ3n) is 4.11. The summed E-state index contributed by atoms with van der Waals surface area (Å²) in [6, 6.07) is 7.89. The number of rotatable bonds is 5. The SMILES string of the molecule is O=C(CCc1c[nH]c2ccccc12)NC1(C(=O)O)CCOC1. The molecule has 1 unspecified atom stereocenters. The van der Waals surface area contributed by atoms with Gasteiger partial charge in [0.15, 0.2) is 5.54 Å². The van der Waals surface area contributed by atoms with Gasteiger partial charge in [0.1, 0.15) is 0 Å². The molecular weight excluding hydrogens is 284 g/mol. The van der Waals surface area contributed by atoms with E-state index in [1.54, 1.807) is 0 Å². The van der Waals surface area contributed by atoms with Crippen molar-refractivity contribution in [1.82, 2.24) is 10.3 Å². The summed E-state index contributed by atoms with van der Waals surface area (Å²) in [5.41, 5.74) is 0.819. The van der Waals surface area contributed by atoms with Crippen LogP contribution in [0.25, 0.3) is 10.9 Å². The van der Waals surface area contributed by atoms with E-state index in [0.29, 0.717) is 19.4 Å². The number of carboxylic acid groups (broad SMARTS) is 1. The molecule has 6 nitrogen and oxygen atoms in total. The van der Waals surface area contributed by atoms with Crippen molar-refractivity contribution in [3.8, 4) is 0 Å². The molecule has 1 atom stereocenters. The minimum absolute atomic E-state index is 0.0289. The number of aromatic amines is 1. The van der Waals surface area contributed by atoms with Gasteiger partial charge in [0.2, 0.25) is 5.91 Å². The van der Waals surface area contributed by atoms with Gasteiger partial charge in [-0.05, 0) is 18.1 Å². The number of carbonyl (C=O) groups is 2. The van der Waals surface area contributed by atoms with E-state index < -0.39 is 11.5 Å². The molecule has 1 aliphatic heterocycles. The van der Waals surface area contributed by atoms with E-state index in [9.17, 15) is 14.7 Å². The summed E-state index contributed by atoms with van der Waals surface area (Å²) in [5, 5.41) is 13.0. The summed E-state index contributed by atoms with van der Waals surface area (Å²) in [6.07, 6.45) is 3.01. The lowest BCUT2D eigenvalue weighted by molar-refractivity contribution is -0.147. The Kier molecular flexibility index (Phi) is 3.85. The van der Waals surface area contributed by atoms with Crippen LogP contribution in [-0.4, -0.2) is 40.7 Å². The number of benzene rings is 1. The average Bonchev–Trinajstić information content (AvgIpc) is 3.13. The van der Waals surface area contributed by atoms with Gasteiger partial charge in [-0.25, -0.2) is 4.79 Å². The summed E-state index contributed by atoms with van der Waals surface area (Å²) in [7, 11) is 0. The monoisotopic (exact) mass is 302 g/mol. The lowest BCUT2D eigenvalue weighted by atomic mass is 9.98. The summed E-state index contributed by atoms with van der Waals surface area (Å²) >= 11 is 0. The van der Waals surface area contributed by atoms with E-state index in [1.165, 1.54) is 0 Å². The van der Waals surface area contributed by atoms with Crippen LogP contribution < -0.4 is 5.32 Å². The first-order chi connectivity index (χ1) is 10.6. The molecule has 2 aromatic rings. The molecule has 0 bridgehead atoms. The third-order valence-corrected chi connectivity index (χ3v) is 4.11. The highest BCUT2D eigenvalue weighted by Crippen LogP contribution is 2.21. The molecule has 116 valence electrons. The maximum absolute atomic E-state index is 12.1. The van der Waals surface area contributed by atoms with Crippen molar-refractivity contribution in [3.63, 3.8) is 0 Å². The van der Waals surface area contributed by atoms with Crippen LogP contribution in [0.2, 0.25) is 0 Å². The number of hydrogen-bond donors (Lipinski definition) is 3. The fourth-order valence-corrected chi connectivity index (χ4v) is 2.80. The number of aliphatic carboxylic acids is 1. The van der Waals surface area contributed by atoms with Crippen molar-refractivity contribution < 1.29 is 19.4 Å². The molecule has 1 aromatic carbocycles. The summed E-state index contributed by atoms with van der Waals surface area (Å²) in [6.45, 7) is 0.385. The number of aryl methyl sites for hydroxylation is 1. The molecule has 1 fully saturated rings. The Labute approximate surface area is 127 Å². The standard InChI is InChI=1S/C16H18N2O4/c19-14(18-16(15(20)21)7-8-22-10-16)6-5-11-9-17-13-4-2-1-3-12(11)13/h1-4,9,17H,5-8,10H2,(H,18,19)(H,20,21). The normalized spacial score (nSPS) is 21.1. The number of carbonyl (C=O) groups excluding carboxylic acids is 1. The van der Waals surface area contributed by atoms with Crippen LogP contribution in [0.15, 0.2) is 30.5 Å². The van der Waals surface area contributed by atoms with Crippen molar-refractivity contribution in [1.29, 1.82) is 0 Å². The zero-order valence-corrected chi connectivity index (χ0v) is 12.1. The van der Waals surface area contributed by atoms with Crippen molar-refractivity contribution in [2.24, 2.45) is 0 Å². The van der Waals surface area contributed by atoms with Gasteiger partial charge in [0.25, 0.3) is 0 Å². The first kappa shape index (κ1) is 14.6. The van der Waals surface area contributed by atoms with Gasteiger partial charge in [-0.2, -0.15) is 0 Å². The molecular formula is C16H18N2O4. The molecule has 1 aliphatic rings. The Hall–Kier alpha value is -2.34. The molecule has 1 amide bonds. The number of amides is 1. The van der Waals surface area contributed by atoms with E-state index in [-0.39, 0.29) is 18.9 Å². The number of aromatic nitrogens is 1. The zero-order valence-electron chi connectivity index (χ0n) is 12.1. The van der Waals surface area contributed by atoms with E-state index in [0.717, 1.165) is 16.5 Å². The van der Waals surface area contributed by atoms with Gasteiger partial charge in [0.05, 0.1) is 6.61 Å². The predicted molar refractivity (Wildman–Crippen MR) is 80.6 cm³/mol. The van der Waals surface area contributed by atoms with Crippen molar-refractivity contribution in [2.75, 3.05) is 13.2 Å². The summed E-state index contributed by atoms with van der Waals surface area (Å²) in [5.74, 6) is -1.30. The number of fused-ring (bicyclic) bond motifs is 1. The molecule has 6 heteroatoms. The average molecular weight is 302 g/mol. The van der Waals surface area contributed by atoms with Crippen molar-refractivity contribution in [2.45, 2.75) is 24.8 Å². The molecule has 22 heavy (non-hydrogen) atoms. The highest BCUT2D eigenvalue weighted by atomic mass is 16.5. The van der Waals surface area contributed by atoms with Gasteiger partial charge in [-0.1, -0.05) is 18.2 Å². The topological polar surface area (TPSA) is 91.4 Å². The zero-order chi connectivity index (χ0) is 15.6. The predicted octanol–water partition coefficient (Wildman–Crippen LogP) is 1.46. The van der Waals surface area contributed by atoms with Crippen LogP contribution in [0, 0.1) is 0 Å². The maximum atomic E-state index is 12.1. The molecule has 3 rings (SSSR count). The Morgan fingerprint density at radius 2 is 2.18 bits per heavy atom. The molecule has 1 aromatic heterocycles. The Morgan fingerprint density at radius 3 is 2.91 bits per heavy atom. The smallest absolute Gasteiger partial charge is 0.331 e. The second kappa shape index (κ2) is 5.81. The minimum Gasteiger partial charge on any atom is -0.479 e. The first-order valence-electron chi connectivity index (χ1n) is 7.28. The molecule has 2 heterocycles.